The number of ether oxygens (including phenoxy) is 1. The van der Waals surface area contributed by atoms with Crippen LogP contribution in [0.5, 0.6) is 0 Å². The molecule has 1 aromatic carbocycles. The lowest BCUT2D eigenvalue weighted by Crippen LogP contribution is -2.50. The standard InChI is InChI=1S/C24H28ClN5O2/c1-26-22-19(14-27-23-21(22)20(25)15-28-23)16-2-4-17(5-3-16)24(31)30-8-6-18(7-9-30)29-10-12-32-13-11-29/h2-5,14-15,18H,6-13H2,1H3,(H2,26,27,28). The number of aromatic nitrogens is 2. The zero-order chi connectivity index (χ0) is 22.1. The van der Waals surface area contributed by atoms with E-state index in [2.05, 4.69) is 20.2 Å². The zero-order valence-electron chi connectivity index (χ0n) is 18.2. The second-order valence-electron chi connectivity index (χ2n) is 8.41. The molecule has 0 bridgehead atoms. The number of nitrogens with zero attached hydrogens (tertiary/aromatic N) is 3. The number of rotatable bonds is 4. The summed E-state index contributed by atoms with van der Waals surface area (Å²) in [4.78, 5) is 25.2. The van der Waals surface area contributed by atoms with Crippen molar-refractivity contribution in [3.05, 3.63) is 47.2 Å². The van der Waals surface area contributed by atoms with E-state index in [0.29, 0.717) is 11.1 Å². The molecule has 2 aliphatic rings. The maximum Gasteiger partial charge on any atom is 0.253 e. The van der Waals surface area contributed by atoms with Crippen LogP contribution in [-0.2, 0) is 4.74 Å². The van der Waals surface area contributed by atoms with Crippen molar-refractivity contribution in [3.63, 3.8) is 0 Å². The molecule has 2 saturated heterocycles. The zero-order valence-corrected chi connectivity index (χ0v) is 19.0. The number of piperidine rings is 1. The van der Waals surface area contributed by atoms with Gasteiger partial charge in [0.2, 0.25) is 0 Å². The van der Waals surface area contributed by atoms with Gasteiger partial charge in [-0.1, -0.05) is 23.7 Å². The molecule has 0 atom stereocenters. The van der Waals surface area contributed by atoms with Gasteiger partial charge >= 0.3 is 0 Å². The van der Waals surface area contributed by atoms with Crippen LogP contribution < -0.4 is 5.32 Å². The van der Waals surface area contributed by atoms with Gasteiger partial charge in [-0.3, -0.25) is 9.69 Å². The Morgan fingerprint density at radius 2 is 1.88 bits per heavy atom. The van der Waals surface area contributed by atoms with E-state index in [0.717, 1.165) is 85.6 Å². The highest BCUT2D eigenvalue weighted by molar-refractivity contribution is 6.36. The number of carbonyl (C=O) groups excluding carboxylic acids is 1. The van der Waals surface area contributed by atoms with Crippen molar-refractivity contribution in [1.82, 2.24) is 19.8 Å². The van der Waals surface area contributed by atoms with Gasteiger partial charge in [0.15, 0.2) is 0 Å². The molecular weight excluding hydrogens is 426 g/mol. The number of amides is 1. The fourth-order valence-electron chi connectivity index (χ4n) is 4.89. The number of hydrogen-bond acceptors (Lipinski definition) is 5. The maximum atomic E-state index is 13.1. The highest BCUT2D eigenvalue weighted by Gasteiger charge is 2.28. The number of aromatic amines is 1. The highest BCUT2D eigenvalue weighted by atomic mass is 35.5. The van der Waals surface area contributed by atoms with E-state index < -0.39 is 0 Å². The summed E-state index contributed by atoms with van der Waals surface area (Å²) in [5.74, 6) is 0.105. The average Bonchev–Trinajstić information content (AvgIpc) is 3.24. The minimum atomic E-state index is 0.105. The first-order chi connectivity index (χ1) is 15.7. The lowest BCUT2D eigenvalue weighted by atomic mass is 10.00. The Morgan fingerprint density at radius 3 is 2.56 bits per heavy atom. The minimum absolute atomic E-state index is 0.105. The first-order valence-electron chi connectivity index (χ1n) is 11.2. The number of nitrogens with one attached hydrogen (secondary N) is 2. The summed E-state index contributed by atoms with van der Waals surface area (Å²) in [7, 11) is 1.88. The Balaban J connectivity index is 1.29. The van der Waals surface area contributed by atoms with Crippen molar-refractivity contribution < 1.29 is 9.53 Å². The molecule has 0 unspecified atom stereocenters. The van der Waals surface area contributed by atoms with E-state index in [4.69, 9.17) is 16.3 Å². The Labute approximate surface area is 192 Å². The molecule has 8 heteroatoms. The number of halogens is 1. The maximum absolute atomic E-state index is 13.1. The number of morpholine rings is 1. The first-order valence-corrected chi connectivity index (χ1v) is 11.6. The molecule has 32 heavy (non-hydrogen) atoms. The molecular formula is C24H28ClN5O2. The van der Waals surface area contributed by atoms with Crippen LogP contribution in [0, 0.1) is 0 Å². The third kappa shape index (κ3) is 3.96. The van der Waals surface area contributed by atoms with Crippen LogP contribution in [-0.4, -0.2) is 78.2 Å². The lowest BCUT2D eigenvalue weighted by Gasteiger charge is -2.40. The third-order valence-electron chi connectivity index (χ3n) is 6.66. The molecule has 0 spiro atoms. The SMILES string of the molecule is CNc1c(-c2ccc(C(=O)N3CCC(N4CCOCC4)CC3)cc2)cnc2[nH]cc(Cl)c12. The van der Waals surface area contributed by atoms with Crippen molar-refractivity contribution in [3.8, 4) is 11.1 Å². The van der Waals surface area contributed by atoms with Gasteiger partial charge in [-0.15, -0.1) is 0 Å². The highest BCUT2D eigenvalue weighted by Crippen LogP contribution is 2.37. The third-order valence-corrected chi connectivity index (χ3v) is 6.96. The summed E-state index contributed by atoms with van der Waals surface area (Å²) in [6, 6.07) is 8.35. The fraction of sp³-hybridized carbons (Fsp3) is 0.417. The number of likely N-dealkylation sites (tertiary alicyclic amines) is 1. The van der Waals surface area contributed by atoms with Crippen molar-refractivity contribution >= 4 is 34.2 Å². The van der Waals surface area contributed by atoms with Crippen molar-refractivity contribution in [2.45, 2.75) is 18.9 Å². The predicted molar refractivity (Wildman–Crippen MR) is 127 cm³/mol. The number of carbonyl (C=O) groups is 1. The molecule has 0 aliphatic carbocycles. The second-order valence-corrected chi connectivity index (χ2v) is 8.81. The molecule has 2 aromatic heterocycles. The average molecular weight is 454 g/mol. The smallest absolute Gasteiger partial charge is 0.253 e. The minimum Gasteiger partial charge on any atom is -0.387 e. The number of pyridine rings is 1. The second kappa shape index (κ2) is 9.10. The number of benzene rings is 1. The van der Waals surface area contributed by atoms with Crippen molar-refractivity contribution in [1.29, 1.82) is 0 Å². The largest absolute Gasteiger partial charge is 0.387 e. The number of H-pyrrole nitrogens is 1. The lowest BCUT2D eigenvalue weighted by molar-refractivity contribution is 0.00159. The molecule has 0 radical (unpaired) electrons. The van der Waals surface area contributed by atoms with Crippen LogP contribution in [0.1, 0.15) is 23.2 Å². The van der Waals surface area contributed by atoms with E-state index in [1.165, 1.54) is 0 Å². The van der Waals surface area contributed by atoms with Gasteiger partial charge in [-0.25, -0.2) is 4.98 Å². The van der Waals surface area contributed by atoms with E-state index >= 15 is 0 Å². The Hall–Kier alpha value is -2.61. The molecule has 2 aliphatic heterocycles. The molecule has 1 amide bonds. The van der Waals surface area contributed by atoms with Gasteiger partial charge in [-0.2, -0.15) is 0 Å². The van der Waals surface area contributed by atoms with E-state index in [-0.39, 0.29) is 5.91 Å². The van der Waals surface area contributed by atoms with E-state index in [1.54, 1.807) is 6.20 Å². The van der Waals surface area contributed by atoms with Crippen LogP contribution in [0.25, 0.3) is 22.2 Å². The number of anilines is 1. The molecule has 3 aromatic rings. The molecule has 5 rings (SSSR count). The fourth-order valence-corrected chi connectivity index (χ4v) is 5.13. The Bertz CT molecular complexity index is 1100. The predicted octanol–water partition coefficient (Wildman–Crippen LogP) is 3.86. The van der Waals surface area contributed by atoms with Gasteiger partial charge in [0, 0.05) is 62.8 Å². The molecule has 0 saturated carbocycles. The van der Waals surface area contributed by atoms with Crippen molar-refractivity contribution in [2.24, 2.45) is 0 Å². The van der Waals surface area contributed by atoms with Gasteiger partial charge in [0.25, 0.3) is 5.91 Å². The Morgan fingerprint density at radius 1 is 1.16 bits per heavy atom. The van der Waals surface area contributed by atoms with Crippen LogP contribution in [0.2, 0.25) is 5.02 Å². The van der Waals surface area contributed by atoms with Gasteiger partial charge in [0.05, 0.1) is 29.3 Å². The van der Waals surface area contributed by atoms with Gasteiger partial charge in [-0.05, 0) is 30.5 Å². The molecule has 4 heterocycles. The summed E-state index contributed by atoms with van der Waals surface area (Å²) in [6.07, 6.45) is 5.62. The van der Waals surface area contributed by atoms with Gasteiger partial charge < -0.3 is 19.9 Å². The van der Waals surface area contributed by atoms with Crippen LogP contribution in [0.15, 0.2) is 36.7 Å². The van der Waals surface area contributed by atoms with Gasteiger partial charge in [0.1, 0.15) is 5.65 Å². The number of hydrogen-bond donors (Lipinski definition) is 2. The summed E-state index contributed by atoms with van der Waals surface area (Å²) in [5.41, 5.74) is 4.33. The summed E-state index contributed by atoms with van der Waals surface area (Å²) >= 11 is 6.36. The normalized spacial score (nSPS) is 18.2. The van der Waals surface area contributed by atoms with E-state index in [1.807, 2.05) is 42.4 Å². The number of fused-ring (bicyclic) bond motifs is 1. The van der Waals surface area contributed by atoms with Crippen LogP contribution in [0.4, 0.5) is 5.69 Å². The van der Waals surface area contributed by atoms with E-state index in [9.17, 15) is 4.79 Å². The molecule has 2 N–H and O–H groups in total. The van der Waals surface area contributed by atoms with Crippen molar-refractivity contribution in [2.75, 3.05) is 51.8 Å². The molecule has 168 valence electrons. The Kier molecular flexibility index (Phi) is 6.04. The van der Waals surface area contributed by atoms with Crippen LogP contribution >= 0.6 is 11.6 Å². The summed E-state index contributed by atoms with van der Waals surface area (Å²) in [6.45, 7) is 5.25. The van der Waals surface area contributed by atoms with Crippen LogP contribution in [0.3, 0.4) is 0 Å². The first kappa shape index (κ1) is 21.2. The quantitative estimate of drug-likeness (QED) is 0.627. The molecule has 7 nitrogen and oxygen atoms in total. The topological polar surface area (TPSA) is 73.5 Å². The summed E-state index contributed by atoms with van der Waals surface area (Å²) < 4.78 is 5.46. The molecule has 2 fully saturated rings. The monoisotopic (exact) mass is 453 g/mol. The summed E-state index contributed by atoms with van der Waals surface area (Å²) in [5, 5.41) is 4.75.